The second-order valence-corrected chi connectivity index (χ2v) is 7.71. The maximum atomic E-state index is 13.1. The molecule has 0 aliphatic carbocycles. The molecule has 3 aromatic carbocycles. The van der Waals surface area contributed by atoms with E-state index in [0.29, 0.717) is 33.8 Å². The third kappa shape index (κ3) is 4.84. The number of hydrogen-bond acceptors (Lipinski definition) is 4. The van der Waals surface area contributed by atoms with E-state index in [9.17, 15) is 9.18 Å². The number of anilines is 1. The van der Waals surface area contributed by atoms with Crippen LogP contribution in [0, 0.1) is 5.82 Å². The number of halogens is 2. The number of nitrogens with one attached hydrogen (secondary N) is 1. The van der Waals surface area contributed by atoms with Gasteiger partial charge in [0.25, 0.3) is 5.91 Å². The van der Waals surface area contributed by atoms with Crippen molar-refractivity contribution in [1.82, 2.24) is 4.98 Å². The van der Waals surface area contributed by atoms with Crippen LogP contribution in [0.1, 0.15) is 16.1 Å². The van der Waals surface area contributed by atoms with Gasteiger partial charge in [0.1, 0.15) is 28.9 Å². The molecule has 1 amide bonds. The molecule has 0 aliphatic rings. The minimum Gasteiger partial charge on any atom is -0.488 e. The van der Waals surface area contributed by atoms with E-state index in [1.807, 2.05) is 24.3 Å². The van der Waals surface area contributed by atoms with Crippen LogP contribution in [0.5, 0.6) is 5.75 Å². The second-order valence-electron chi connectivity index (χ2n) is 6.41. The molecule has 0 aliphatic heterocycles. The SMILES string of the molecule is O=C(Nc1cccc(Cl)c1)c1csc(-c2ccccc2OCc2ccc(F)cc2)n1. The van der Waals surface area contributed by atoms with Gasteiger partial charge in [0, 0.05) is 16.1 Å². The molecule has 1 N–H and O–H groups in total. The molecule has 0 saturated carbocycles. The van der Waals surface area contributed by atoms with E-state index < -0.39 is 0 Å². The van der Waals surface area contributed by atoms with Gasteiger partial charge in [-0.25, -0.2) is 9.37 Å². The van der Waals surface area contributed by atoms with Crippen LogP contribution in [0.3, 0.4) is 0 Å². The molecule has 4 nitrogen and oxygen atoms in total. The summed E-state index contributed by atoms with van der Waals surface area (Å²) in [6.07, 6.45) is 0. The summed E-state index contributed by atoms with van der Waals surface area (Å²) in [6, 6.07) is 20.6. The predicted octanol–water partition coefficient (Wildman–Crippen LogP) is 6.43. The summed E-state index contributed by atoms with van der Waals surface area (Å²) in [4.78, 5) is 17.0. The van der Waals surface area contributed by atoms with Crippen LogP contribution in [0.4, 0.5) is 10.1 Å². The minimum absolute atomic E-state index is 0.287. The molecule has 0 saturated heterocycles. The fourth-order valence-corrected chi connectivity index (χ4v) is 3.79. The summed E-state index contributed by atoms with van der Waals surface area (Å²) in [7, 11) is 0. The lowest BCUT2D eigenvalue weighted by Crippen LogP contribution is -2.12. The fourth-order valence-electron chi connectivity index (χ4n) is 2.77. The Hall–Kier alpha value is -3.22. The average molecular weight is 439 g/mol. The zero-order valence-electron chi connectivity index (χ0n) is 15.6. The van der Waals surface area contributed by atoms with E-state index >= 15 is 0 Å². The van der Waals surface area contributed by atoms with Crippen molar-refractivity contribution in [2.75, 3.05) is 5.32 Å². The predicted molar refractivity (Wildman–Crippen MR) is 118 cm³/mol. The van der Waals surface area contributed by atoms with Crippen LogP contribution in [-0.4, -0.2) is 10.9 Å². The molecule has 0 atom stereocenters. The average Bonchev–Trinajstić information content (AvgIpc) is 3.24. The van der Waals surface area contributed by atoms with Crippen LogP contribution in [0.2, 0.25) is 5.02 Å². The van der Waals surface area contributed by atoms with E-state index in [1.165, 1.54) is 23.5 Å². The first-order chi connectivity index (χ1) is 14.6. The van der Waals surface area contributed by atoms with Gasteiger partial charge in [-0.2, -0.15) is 0 Å². The summed E-state index contributed by atoms with van der Waals surface area (Å²) in [5.41, 5.74) is 2.55. The monoisotopic (exact) mass is 438 g/mol. The zero-order chi connectivity index (χ0) is 20.9. The molecule has 4 rings (SSSR count). The minimum atomic E-state index is -0.315. The maximum Gasteiger partial charge on any atom is 0.275 e. The first-order valence-corrected chi connectivity index (χ1v) is 10.3. The van der Waals surface area contributed by atoms with Crippen LogP contribution >= 0.6 is 22.9 Å². The Balaban J connectivity index is 1.50. The second kappa shape index (κ2) is 9.07. The molecule has 4 aromatic rings. The van der Waals surface area contributed by atoms with E-state index in [2.05, 4.69) is 10.3 Å². The zero-order valence-corrected chi connectivity index (χ0v) is 17.2. The van der Waals surface area contributed by atoms with E-state index in [4.69, 9.17) is 16.3 Å². The number of hydrogen-bond donors (Lipinski definition) is 1. The lowest BCUT2D eigenvalue weighted by molar-refractivity contribution is 0.102. The molecule has 30 heavy (non-hydrogen) atoms. The van der Waals surface area contributed by atoms with Crippen molar-refractivity contribution >= 4 is 34.5 Å². The normalized spacial score (nSPS) is 10.6. The highest BCUT2D eigenvalue weighted by molar-refractivity contribution is 7.13. The number of aromatic nitrogens is 1. The molecule has 0 radical (unpaired) electrons. The third-order valence-electron chi connectivity index (χ3n) is 4.24. The van der Waals surface area contributed by atoms with Gasteiger partial charge in [-0.3, -0.25) is 4.79 Å². The van der Waals surface area contributed by atoms with Gasteiger partial charge < -0.3 is 10.1 Å². The van der Waals surface area contributed by atoms with Gasteiger partial charge in [0.05, 0.1) is 5.56 Å². The van der Waals surface area contributed by atoms with E-state index in [1.54, 1.807) is 41.8 Å². The Bertz CT molecular complexity index is 1180. The van der Waals surface area contributed by atoms with Crippen molar-refractivity contribution in [3.8, 4) is 16.3 Å². The number of ether oxygens (including phenoxy) is 1. The number of amides is 1. The summed E-state index contributed by atoms with van der Waals surface area (Å²) in [5.74, 6) is 0.0352. The molecule has 0 unspecified atom stereocenters. The van der Waals surface area contributed by atoms with Gasteiger partial charge >= 0.3 is 0 Å². The number of carbonyl (C=O) groups is 1. The van der Waals surface area contributed by atoms with Crippen molar-refractivity contribution in [1.29, 1.82) is 0 Å². The molecule has 1 heterocycles. The third-order valence-corrected chi connectivity index (χ3v) is 5.36. The van der Waals surface area contributed by atoms with Crippen LogP contribution in [0.15, 0.2) is 78.2 Å². The van der Waals surface area contributed by atoms with Gasteiger partial charge in [-0.1, -0.05) is 41.9 Å². The lowest BCUT2D eigenvalue weighted by atomic mass is 10.2. The Morgan fingerprint density at radius 3 is 2.67 bits per heavy atom. The first-order valence-electron chi connectivity index (χ1n) is 9.07. The number of carbonyl (C=O) groups excluding carboxylic acids is 1. The molecule has 1 aromatic heterocycles. The van der Waals surface area contributed by atoms with Gasteiger partial charge in [0.15, 0.2) is 0 Å². The molecule has 0 spiro atoms. The largest absolute Gasteiger partial charge is 0.488 e. The van der Waals surface area contributed by atoms with Crippen LogP contribution in [-0.2, 0) is 6.61 Å². The molecular weight excluding hydrogens is 423 g/mol. The standard InChI is InChI=1S/C23H16ClFN2O2S/c24-16-4-3-5-18(12-16)26-22(28)20-14-30-23(27-20)19-6-1-2-7-21(19)29-13-15-8-10-17(25)11-9-15/h1-12,14H,13H2,(H,26,28). The van der Waals surface area contributed by atoms with E-state index in [-0.39, 0.29) is 11.7 Å². The summed E-state index contributed by atoms with van der Waals surface area (Å²) in [5, 5.41) is 5.70. The summed E-state index contributed by atoms with van der Waals surface area (Å²) < 4.78 is 19.0. The summed E-state index contributed by atoms with van der Waals surface area (Å²) >= 11 is 7.32. The highest BCUT2D eigenvalue weighted by Crippen LogP contribution is 2.33. The smallest absolute Gasteiger partial charge is 0.275 e. The number of benzene rings is 3. The number of rotatable bonds is 6. The molecule has 0 bridgehead atoms. The molecule has 7 heteroatoms. The van der Waals surface area contributed by atoms with E-state index in [0.717, 1.165) is 11.1 Å². The highest BCUT2D eigenvalue weighted by Gasteiger charge is 2.15. The molecule has 0 fully saturated rings. The lowest BCUT2D eigenvalue weighted by Gasteiger charge is -2.10. The maximum absolute atomic E-state index is 13.1. The number of nitrogens with zero attached hydrogens (tertiary/aromatic N) is 1. The topological polar surface area (TPSA) is 51.2 Å². The summed E-state index contributed by atoms with van der Waals surface area (Å²) in [6.45, 7) is 0.296. The van der Waals surface area contributed by atoms with Crippen molar-refractivity contribution in [2.24, 2.45) is 0 Å². The van der Waals surface area contributed by atoms with Crippen molar-refractivity contribution in [3.05, 3.63) is 100 Å². The van der Waals surface area contributed by atoms with Crippen LogP contribution in [0.25, 0.3) is 10.6 Å². The Kier molecular flexibility index (Phi) is 6.07. The Morgan fingerprint density at radius 2 is 1.87 bits per heavy atom. The van der Waals surface area contributed by atoms with Crippen molar-refractivity contribution in [3.63, 3.8) is 0 Å². The highest BCUT2D eigenvalue weighted by atomic mass is 35.5. The van der Waals surface area contributed by atoms with Gasteiger partial charge in [0.2, 0.25) is 0 Å². The Labute approximate surface area is 181 Å². The van der Waals surface area contributed by atoms with Gasteiger partial charge in [-0.05, 0) is 48.0 Å². The van der Waals surface area contributed by atoms with Crippen LogP contribution < -0.4 is 10.1 Å². The Morgan fingerprint density at radius 1 is 1.07 bits per heavy atom. The molecular formula is C23H16ClFN2O2S. The number of thiazole rings is 1. The van der Waals surface area contributed by atoms with Crippen molar-refractivity contribution < 1.29 is 13.9 Å². The molecule has 150 valence electrons. The quantitative estimate of drug-likeness (QED) is 0.377. The fraction of sp³-hybridized carbons (Fsp3) is 0.0435. The van der Waals surface area contributed by atoms with Gasteiger partial charge in [-0.15, -0.1) is 11.3 Å². The number of para-hydroxylation sites is 1. The van der Waals surface area contributed by atoms with Crippen molar-refractivity contribution in [2.45, 2.75) is 6.61 Å². The first kappa shape index (κ1) is 20.1.